The van der Waals surface area contributed by atoms with Gasteiger partial charge in [-0.2, -0.15) is 0 Å². The maximum absolute atomic E-state index is 12.5. The number of sulfonamides is 1. The SMILES string of the molecule is Cc1ccc(CN)cc1S(=O)(=O)NC(C)C1CCCO1. The van der Waals surface area contributed by atoms with Crippen LogP contribution in [-0.2, 0) is 21.3 Å². The standard InChI is InChI=1S/C14H22N2O3S/c1-10-5-6-12(9-15)8-14(10)20(17,18)16-11(2)13-4-3-7-19-13/h5-6,8,11,13,16H,3-4,7,9,15H2,1-2H3. The van der Waals surface area contributed by atoms with E-state index < -0.39 is 10.0 Å². The van der Waals surface area contributed by atoms with E-state index in [4.69, 9.17) is 10.5 Å². The van der Waals surface area contributed by atoms with Crippen LogP contribution in [0.25, 0.3) is 0 Å². The van der Waals surface area contributed by atoms with E-state index in [9.17, 15) is 8.42 Å². The van der Waals surface area contributed by atoms with Gasteiger partial charge in [0.05, 0.1) is 11.0 Å². The van der Waals surface area contributed by atoms with E-state index in [-0.39, 0.29) is 12.1 Å². The van der Waals surface area contributed by atoms with Crippen LogP contribution in [0.3, 0.4) is 0 Å². The maximum Gasteiger partial charge on any atom is 0.241 e. The van der Waals surface area contributed by atoms with Crippen molar-refractivity contribution in [3.05, 3.63) is 29.3 Å². The quantitative estimate of drug-likeness (QED) is 0.858. The van der Waals surface area contributed by atoms with Crippen LogP contribution in [0.2, 0.25) is 0 Å². The fourth-order valence-corrected chi connectivity index (χ4v) is 4.01. The predicted octanol–water partition coefficient (Wildman–Crippen LogP) is 1.30. The fourth-order valence-electron chi connectivity index (χ4n) is 2.44. The highest BCUT2D eigenvalue weighted by Crippen LogP contribution is 2.20. The Balaban J connectivity index is 2.21. The Morgan fingerprint density at radius 3 is 2.85 bits per heavy atom. The number of hydrogen-bond donors (Lipinski definition) is 2. The van der Waals surface area contributed by atoms with Crippen molar-refractivity contribution in [2.24, 2.45) is 5.73 Å². The molecule has 2 atom stereocenters. The van der Waals surface area contributed by atoms with Crippen molar-refractivity contribution < 1.29 is 13.2 Å². The third-order valence-corrected chi connectivity index (χ3v) is 5.34. The second-order valence-corrected chi connectivity index (χ2v) is 6.95. The van der Waals surface area contributed by atoms with E-state index in [1.807, 2.05) is 13.0 Å². The van der Waals surface area contributed by atoms with Crippen LogP contribution in [0.5, 0.6) is 0 Å². The van der Waals surface area contributed by atoms with E-state index in [0.717, 1.165) is 18.4 Å². The van der Waals surface area contributed by atoms with E-state index in [1.54, 1.807) is 19.1 Å². The first-order chi connectivity index (χ1) is 9.44. The van der Waals surface area contributed by atoms with Gasteiger partial charge in [0.15, 0.2) is 0 Å². The van der Waals surface area contributed by atoms with Gasteiger partial charge in [-0.1, -0.05) is 12.1 Å². The molecule has 0 amide bonds. The van der Waals surface area contributed by atoms with Crippen LogP contribution in [0.15, 0.2) is 23.1 Å². The monoisotopic (exact) mass is 298 g/mol. The molecule has 3 N–H and O–H groups in total. The smallest absolute Gasteiger partial charge is 0.241 e. The molecule has 20 heavy (non-hydrogen) atoms. The Kier molecular flexibility index (Phi) is 4.80. The lowest BCUT2D eigenvalue weighted by atomic mass is 10.1. The molecule has 1 aliphatic rings. The second kappa shape index (κ2) is 6.22. The van der Waals surface area contributed by atoms with Crippen molar-refractivity contribution in [2.45, 2.75) is 50.3 Å². The minimum absolute atomic E-state index is 0.0391. The lowest BCUT2D eigenvalue weighted by molar-refractivity contribution is 0.0902. The van der Waals surface area contributed by atoms with Crippen molar-refractivity contribution >= 4 is 10.0 Å². The minimum Gasteiger partial charge on any atom is -0.377 e. The molecular formula is C14H22N2O3S. The Hall–Kier alpha value is -0.950. The molecule has 0 radical (unpaired) electrons. The number of nitrogens with one attached hydrogen (secondary N) is 1. The summed E-state index contributed by atoms with van der Waals surface area (Å²) in [7, 11) is -3.55. The van der Waals surface area contributed by atoms with Gasteiger partial charge in [0, 0.05) is 19.2 Å². The van der Waals surface area contributed by atoms with Crippen molar-refractivity contribution in [3.63, 3.8) is 0 Å². The summed E-state index contributed by atoms with van der Waals surface area (Å²) in [5, 5.41) is 0. The van der Waals surface area contributed by atoms with Gasteiger partial charge in [-0.15, -0.1) is 0 Å². The average molecular weight is 298 g/mol. The predicted molar refractivity (Wildman–Crippen MR) is 77.8 cm³/mol. The highest BCUT2D eigenvalue weighted by molar-refractivity contribution is 7.89. The second-order valence-electron chi connectivity index (χ2n) is 5.27. The van der Waals surface area contributed by atoms with Gasteiger partial charge >= 0.3 is 0 Å². The van der Waals surface area contributed by atoms with Crippen molar-refractivity contribution in [1.29, 1.82) is 0 Å². The van der Waals surface area contributed by atoms with Gasteiger partial charge in [0.25, 0.3) is 0 Å². The number of ether oxygens (including phenoxy) is 1. The summed E-state index contributed by atoms with van der Waals surface area (Å²) in [6.07, 6.45) is 1.84. The van der Waals surface area contributed by atoms with Gasteiger partial charge in [-0.3, -0.25) is 0 Å². The molecule has 0 bridgehead atoms. The Morgan fingerprint density at radius 1 is 1.50 bits per heavy atom. The molecule has 2 rings (SSSR count). The first-order valence-electron chi connectivity index (χ1n) is 6.87. The van der Waals surface area contributed by atoms with E-state index in [2.05, 4.69) is 4.72 Å². The molecule has 0 aromatic heterocycles. The molecule has 1 heterocycles. The molecule has 1 aromatic carbocycles. The number of nitrogens with two attached hydrogens (primary N) is 1. The van der Waals surface area contributed by atoms with Crippen molar-refractivity contribution in [3.8, 4) is 0 Å². The summed E-state index contributed by atoms with van der Waals surface area (Å²) in [4.78, 5) is 0.297. The Bertz CT molecular complexity index is 566. The normalized spacial score (nSPS) is 21.1. The summed E-state index contributed by atoms with van der Waals surface area (Å²) >= 11 is 0. The van der Waals surface area contributed by atoms with Crippen LogP contribution in [0.1, 0.15) is 30.9 Å². The van der Waals surface area contributed by atoms with Crippen LogP contribution >= 0.6 is 0 Å². The van der Waals surface area contributed by atoms with Crippen LogP contribution in [0.4, 0.5) is 0 Å². The highest BCUT2D eigenvalue weighted by Gasteiger charge is 2.27. The van der Waals surface area contributed by atoms with Crippen molar-refractivity contribution in [1.82, 2.24) is 4.72 Å². The number of hydrogen-bond acceptors (Lipinski definition) is 4. The molecule has 0 spiro atoms. The lowest BCUT2D eigenvalue weighted by Gasteiger charge is -2.20. The average Bonchev–Trinajstić information content (AvgIpc) is 2.92. The minimum atomic E-state index is -3.55. The van der Waals surface area contributed by atoms with E-state index in [0.29, 0.717) is 23.6 Å². The first-order valence-corrected chi connectivity index (χ1v) is 8.36. The number of aryl methyl sites for hydroxylation is 1. The topological polar surface area (TPSA) is 81.4 Å². The van der Waals surface area contributed by atoms with Crippen LogP contribution < -0.4 is 10.5 Å². The van der Waals surface area contributed by atoms with Gasteiger partial charge in [-0.05, 0) is 43.9 Å². The molecule has 1 aliphatic heterocycles. The molecule has 0 saturated carbocycles. The van der Waals surface area contributed by atoms with E-state index in [1.165, 1.54) is 0 Å². The maximum atomic E-state index is 12.5. The summed E-state index contributed by atoms with van der Waals surface area (Å²) in [6, 6.07) is 5.04. The first kappa shape index (κ1) is 15.4. The van der Waals surface area contributed by atoms with Gasteiger partial charge in [0.1, 0.15) is 0 Å². The largest absolute Gasteiger partial charge is 0.377 e. The summed E-state index contributed by atoms with van der Waals surface area (Å²) in [5.41, 5.74) is 7.10. The lowest BCUT2D eigenvalue weighted by Crippen LogP contribution is -2.41. The zero-order chi connectivity index (χ0) is 14.8. The van der Waals surface area contributed by atoms with Crippen LogP contribution in [-0.4, -0.2) is 27.2 Å². The third-order valence-electron chi connectivity index (χ3n) is 3.64. The summed E-state index contributed by atoms with van der Waals surface area (Å²) < 4.78 is 33.2. The Labute approximate surface area is 120 Å². The molecule has 5 nitrogen and oxygen atoms in total. The zero-order valence-electron chi connectivity index (χ0n) is 11.9. The molecular weight excluding hydrogens is 276 g/mol. The summed E-state index contributed by atoms with van der Waals surface area (Å²) in [6.45, 7) is 4.66. The third kappa shape index (κ3) is 3.38. The van der Waals surface area contributed by atoms with Gasteiger partial charge in [0.2, 0.25) is 10.0 Å². The molecule has 2 unspecified atom stereocenters. The number of benzene rings is 1. The van der Waals surface area contributed by atoms with E-state index >= 15 is 0 Å². The van der Waals surface area contributed by atoms with Crippen LogP contribution in [0, 0.1) is 6.92 Å². The zero-order valence-corrected chi connectivity index (χ0v) is 12.7. The molecule has 0 aliphatic carbocycles. The number of rotatable bonds is 5. The molecule has 1 saturated heterocycles. The highest BCUT2D eigenvalue weighted by atomic mass is 32.2. The van der Waals surface area contributed by atoms with Gasteiger partial charge in [-0.25, -0.2) is 13.1 Å². The summed E-state index contributed by atoms with van der Waals surface area (Å²) in [5.74, 6) is 0. The molecule has 1 aromatic rings. The molecule has 112 valence electrons. The molecule has 6 heteroatoms. The van der Waals surface area contributed by atoms with Crippen molar-refractivity contribution in [2.75, 3.05) is 6.61 Å². The molecule has 1 fully saturated rings. The van der Waals surface area contributed by atoms with Gasteiger partial charge < -0.3 is 10.5 Å². The fraction of sp³-hybridized carbons (Fsp3) is 0.571. The Morgan fingerprint density at radius 2 is 2.25 bits per heavy atom.